The molecule has 112 valence electrons. The molecule has 0 saturated carbocycles. The molecule has 0 spiro atoms. The third kappa shape index (κ3) is 5.49. The summed E-state index contributed by atoms with van der Waals surface area (Å²) in [5, 5.41) is 3.67. The number of piperidine rings is 1. The normalized spacial score (nSPS) is 24.4. The van der Waals surface area contributed by atoms with E-state index in [0.29, 0.717) is 12.5 Å². The molecule has 4 nitrogen and oxygen atoms in total. The van der Waals surface area contributed by atoms with E-state index in [1.165, 1.54) is 19.3 Å². The minimum absolute atomic E-state index is 0.235. The van der Waals surface area contributed by atoms with Gasteiger partial charge in [-0.25, -0.2) is 0 Å². The summed E-state index contributed by atoms with van der Waals surface area (Å²) >= 11 is 0. The molecular weight excluding hydrogens is 238 g/mol. The highest BCUT2D eigenvalue weighted by Crippen LogP contribution is 2.20. The van der Waals surface area contributed by atoms with Crippen LogP contribution in [-0.4, -0.2) is 62.0 Å². The average Bonchev–Trinajstić information content (AvgIpc) is 2.42. The van der Waals surface area contributed by atoms with Gasteiger partial charge >= 0.3 is 0 Å². The van der Waals surface area contributed by atoms with Crippen LogP contribution in [0.4, 0.5) is 0 Å². The van der Waals surface area contributed by atoms with Crippen molar-refractivity contribution >= 4 is 5.91 Å². The Morgan fingerprint density at radius 3 is 2.68 bits per heavy atom. The zero-order chi connectivity index (χ0) is 14.3. The highest BCUT2D eigenvalue weighted by Gasteiger charge is 2.27. The Hall–Kier alpha value is -0.610. The second kappa shape index (κ2) is 8.54. The topological polar surface area (TPSA) is 35.6 Å². The largest absolute Gasteiger partial charge is 0.349 e. The number of carbonyl (C=O) groups excluding carboxylic acids is 1. The van der Waals surface area contributed by atoms with Gasteiger partial charge in [0.1, 0.15) is 0 Å². The Labute approximate surface area is 118 Å². The van der Waals surface area contributed by atoms with E-state index in [1.54, 1.807) is 4.90 Å². The Morgan fingerprint density at radius 1 is 1.37 bits per heavy atom. The molecule has 0 bridgehead atoms. The lowest BCUT2D eigenvalue weighted by molar-refractivity contribution is -0.129. The molecule has 2 unspecified atom stereocenters. The molecule has 1 amide bonds. The second-order valence-corrected chi connectivity index (χ2v) is 5.86. The maximum atomic E-state index is 11.6. The number of nitrogens with zero attached hydrogens (tertiary/aromatic N) is 2. The van der Waals surface area contributed by atoms with Crippen molar-refractivity contribution in [3.63, 3.8) is 0 Å². The summed E-state index contributed by atoms with van der Waals surface area (Å²) in [6.07, 6.45) is 4.29. The summed E-state index contributed by atoms with van der Waals surface area (Å²) in [5.74, 6) is 0.967. The highest BCUT2D eigenvalue weighted by atomic mass is 16.2. The Kier molecular flexibility index (Phi) is 7.39. The first-order valence-electron chi connectivity index (χ1n) is 7.74. The maximum absolute atomic E-state index is 11.6. The van der Waals surface area contributed by atoms with Crippen LogP contribution in [0.25, 0.3) is 0 Å². The molecule has 1 saturated heterocycles. The van der Waals surface area contributed by atoms with Crippen molar-refractivity contribution in [2.75, 3.05) is 40.3 Å². The molecule has 2 atom stereocenters. The molecule has 0 aromatic rings. The van der Waals surface area contributed by atoms with Crippen LogP contribution in [0.2, 0.25) is 0 Å². The number of rotatable bonds is 7. The number of likely N-dealkylation sites (tertiary alicyclic amines) is 1. The quantitative estimate of drug-likeness (QED) is 0.762. The summed E-state index contributed by atoms with van der Waals surface area (Å²) in [6.45, 7) is 8.79. The minimum Gasteiger partial charge on any atom is -0.349 e. The first-order chi connectivity index (χ1) is 9.08. The summed E-state index contributed by atoms with van der Waals surface area (Å²) in [4.78, 5) is 15.8. The molecule has 1 aliphatic heterocycles. The monoisotopic (exact) mass is 269 g/mol. The third-order valence-corrected chi connectivity index (χ3v) is 4.14. The van der Waals surface area contributed by atoms with Gasteiger partial charge in [-0.3, -0.25) is 4.79 Å². The van der Waals surface area contributed by atoms with Crippen molar-refractivity contribution in [1.82, 2.24) is 15.1 Å². The number of nitrogens with one attached hydrogen (secondary N) is 1. The van der Waals surface area contributed by atoms with Crippen LogP contribution >= 0.6 is 0 Å². The Bertz CT molecular complexity index is 268. The smallest absolute Gasteiger partial charge is 0.223 e. The van der Waals surface area contributed by atoms with Crippen molar-refractivity contribution in [2.45, 2.75) is 45.6 Å². The molecule has 1 rings (SSSR count). The average molecular weight is 269 g/mol. The van der Waals surface area contributed by atoms with Gasteiger partial charge in [0.2, 0.25) is 5.91 Å². The predicted octanol–water partition coefficient (Wildman–Crippen LogP) is 1.56. The molecule has 1 heterocycles. The minimum atomic E-state index is 0.235. The van der Waals surface area contributed by atoms with Gasteiger partial charge in [0.05, 0.1) is 0 Å². The Balaban J connectivity index is 2.35. The van der Waals surface area contributed by atoms with Crippen LogP contribution in [0.1, 0.15) is 39.5 Å². The molecule has 0 radical (unpaired) electrons. The van der Waals surface area contributed by atoms with Gasteiger partial charge in [-0.15, -0.1) is 0 Å². The van der Waals surface area contributed by atoms with Crippen LogP contribution in [0.3, 0.4) is 0 Å². The van der Waals surface area contributed by atoms with Crippen LogP contribution in [-0.2, 0) is 4.79 Å². The first-order valence-corrected chi connectivity index (χ1v) is 7.74. The zero-order valence-electron chi connectivity index (χ0n) is 13.1. The molecule has 1 aliphatic rings. The van der Waals surface area contributed by atoms with Gasteiger partial charge in [0.15, 0.2) is 0 Å². The van der Waals surface area contributed by atoms with Gasteiger partial charge in [0.25, 0.3) is 0 Å². The van der Waals surface area contributed by atoms with Gasteiger partial charge in [-0.05, 0) is 31.8 Å². The lowest BCUT2D eigenvalue weighted by Crippen LogP contribution is -2.49. The van der Waals surface area contributed by atoms with Crippen molar-refractivity contribution in [3.05, 3.63) is 0 Å². The Morgan fingerprint density at radius 2 is 2.11 bits per heavy atom. The molecule has 1 fully saturated rings. The molecule has 19 heavy (non-hydrogen) atoms. The summed E-state index contributed by atoms with van der Waals surface area (Å²) in [6, 6.07) is 0.672. The maximum Gasteiger partial charge on any atom is 0.223 e. The lowest BCUT2D eigenvalue weighted by Gasteiger charge is -2.38. The van der Waals surface area contributed by atoms with E-state index < -0.39 is 0 Å². The van der Waals surface area contributed by atoms with Crippen LogP contribution < -0.4 is 5.32 Å². The zero-order valence-corrected chi connectivity index (χ0v) is 13.1. The van der Waals surface area contributed by atoms with E-state index in [4.69, 9.17) is 0 Å². The van der Waals surface area contributed by atoms with Gasteiger partial charge in [0, 0.05) is 39.6 Å². The molecule has 1 N–H and O–H groups in total. The van der Waals surface area contributed by atoms with Crippen LogP contribution in [0.5, 0.6) is 0 Å². The summed E-state index contributed by atoms with van der Waals surface area (Å²) in [7, 11) is 3.66. The van der Waals surface area contributed by atoms with Gasteiger partial charge < -0.3 is 15.1 Å². The van der Waals surface area contributed by atoms with E-state index in [9.17, 15) is 4.79 Å². The van der Waals surface area contributed by atoms with Crippen LogP contribution in [0, 0.1) is 5.92 Å². The van der Waals surface area contributed by atoms with E-state index in [2.05, 4.69) is 24.1 Å². The lowest BCUT2D eigenvalue weighted by atomic mass is 9.89. The van der Waals surface area contributed by atoms with E-state index in [1.807, 2.05) is 14.1 Å². The second-order valence-electron chi connectivity index (χ2n) is 5.86. The fourth-order valence-electron chi connectivity index (χ4n) is 2.80. The summed E-state index contributed by atoms with van der Waals surface area (Å²) < 4.78 is 0. The molecule has 0 aromatic carbocycles. The molecular formula is C15H31N3O. The number of amides is 1. The van der Waals surface area contributed by atoms with E-state index in [0.717, 1.165) is 32.1 Å². The standard InChI is InChI=1S/C15H31N3O/c1-5-9-16-14-7-10-18(12-13(14)6-2)11-8-15(19)17(3)4/h13-14,16H,5-12H2,1-4H3. The number of carbonyl (C=O) groups is 1. The third-order valence-electron chi connectivity index (χ3n) is 4.14. The van der Waals surface area contributed by atoms with Crippen molar-refractivity contribution in [3.8, 4) is 0 Å². The van der Waals surface area contributed by atoms with Crippen LogP contribution in [0.15, 0.2) is 0 Å². The van der Waals surface area contributed by atoms with Crippen molar-refractivity contribution in [2.24, 2.45) is 5.92 Å². The molecule has 0 aliphatic carbocycles. The number of hydrogen-bond donors (Lipinski definition) is 1. The molecule has 0 aromatic heterocycles. The van der Waals surface area contributed by atoms with E-state index >= 15 is 0 Å². The predicted molar refractivity (Wildman–Crippen MR) is 80.2 cm³/mol. The highest BCUT2D eigenvalue weighted by molar-refractivity contribution is 5.75. The van der Waals surface area contributed by atoms with Crippen molar-refractivity contribution in [1.29, 1.82) is 0 Å². The molecule has 4 heteroatoms. The fourth-order valence-corrected chi connectivity index (χ4v) is 2.80. The summed E-state index contributed by atoms with van der Waals surface area (Å²) in [5.41, 5.74) is 0. The fraction of sp³-hybridized carbons (Fsp3) is 0.933. The van der Waals surface area contributed by atoms with E-state index in [-0.39, 0.29) is 5.91 Å². The number of hydrogen-bond acceptors (Lipinski definition) is 3. The van der Waals surface area contributed by atoms with Crippen molar-refractivity contribution < 1.29 is 4.79 Å². The first kappa shape index (κ1) is 16.4. The SMILES string of the molecule is CCCNC1CCN(CCC(=O)N(C)C)CC1CC. The van der Waals surface area contributed by atoms with Gasteiger partial charge in [-0.1, -0.05) is 20.3 Å². The van der Waals surface area contributed by atoms with Gasteiger partial charge in [-0.2, -0.15) is 0 Å².